The summed E-state index contributed by atoms with van der Waals surface area (Å²) in [5, 5.41) is 16.5. The van der Waals surface area contributed by atoms with Gasteiger partial charge in [0.15, 0.2) is 5.84 Å². The van der Waals surface area contributed by atoms with Crippen LogP contribution in [0.4, 0.5) is 0 Å². The molecule has 0 aliphatic rings. The fourth-order valence-corrected chi connectivity index (χ4v) is 2.99. The van der Waals surface area contributed by atoms with E-state index in [0.717, 1.165) is 2.88 Å². The Labute approximate surface area is 124 Å². The van der Waals surface area contributed by atoms with Gasteiger partial charge in [-0.25, -0.2) is 0 Å². The number of thiophene rings is 1. The zero-order valence-electron chi connectivity index (χ0n) is 10.2. The standard InChI is InChI=1S/C11H16IN3O2S/c1-3-11(4-2,10(13)15-17)14-9(16)7-5-8(12)18-6-7/h5-6,17H,3-4H2,1-2H3,(H2,13,15)(H,14,16). The maximum absolute atomic E-state index is 12.1. The van der Waals surface area contributed by atoms with Crippen LogP contribution in [0.15, 0.2) is 16.6 Å². The van der Waals surface area contributed by atoms with E-state index in [9.17, 15) is 4.79 Å². The quantitative estimate of drug-likeness (QED) is 0.241. The Balaban J connectivity index is 2.95. The molecule has 0 radical (unpaired) electrons. The molecule has 0 aliphatic heterocycles. The predicted molar refractivity (Wildman–Crippen MR) is 81.2 cm³/mol. The van der Waals surface area contributed by atoms with Gasteiger partial charge >= 0.3 is 0 Å². The summed E-state index contributed by atoms with van der Waals surface area (Å²) in [7, 11) is 0. The Morgan fingerprint density at radius 2 is 2.22 bits per heavy atom. The number of nitrogens with one attached hydrogen (secondary N) is 1. The van der Waals surface area contributed by atoms with Gasteiger partial charge in [0.2, 0.25) is 0 Å². The number of halogens is 1. The summed E-state index contributed by atoms with van der Waals surface area (Å²) in [6, 6.07) is 1.81. The van der Waals surface area contributed by atoms with Crippen LogP contribution in [-0.4, -0.2) is 22.5 Å². The van der Waals surface area contributed by atoms with Crippen LogP contribution in [0.5, 0.6) is 0 Å². The van der Waals surface area contributed by atoms with E-state index in [1.807, 2.05) is 19.9 Å². The van der Waals surface area contributed by atoms with Crippen LogP contribution in [0.2, 0.25) is 0 Å². The number of nitrogens with two attached hydrogens (primary N) is 1. The molecule has 0 unspecified atom stereocenters. The normalized spacial score (nSPS) is 12.5. The van der Waals surface area contributed by atoms with Crippen LogP contribution in [0.1, 0.15) is 37.0 Å². The van der Waals surface area contributed by atoms with Crippen molar-refractivity contribution in [2.24, 2.45) is 10.9 Å². The second-order valence-corrected chi connectivity index (χ2v) is 6.67. The van der Waals surface area contributed by atoms with Crippen molar-refractivity contribution in [1.29, 1.82) is 0 Å². The lowest BCUT2D eigenvalue weighted by Gasteiger charge is -2.31. The van der Waals surface area contributed by atoms with Crippen molar-refractivity contribution >= 4 is 45.7 Å². The van der Waals surface area contributed by atoms with E-state index in [-0.39, 0.29) is 11.7 Å². The minimum atomic E-state index is -0.792. The number of hydrogen-bond donors (Lipinski definition) is 3. The molecule has 0 saturated heterocycles. The summed E-state index contributed by atoms with van der Waals surface area (Å²) in [5.41, 5.74) is 5.50. The van der Waals surface area contributed by atoms with Gasteiger partial charge in [-0.3, -0.25) is 4.79 Å². The number of hydrogen-bond acceptors (Lipinski definition) is 4. The van der Waals surface area contributed by atoms with Gasteiger partial charge in [0.1, 0.15) is 5.54 Å². The molecule has 0 bridgehead atoms. The summed E-state index contributed by atoms with van der Waals surface area (Å²) >= 11 is 3.66. The molecule has 4 N–H and O–H groups in total. The van der Waals surface area contributed by atoms with Crippen LogP contribution >= 0.6 is 33.9 Å². The Morgan fingerprint density at radius 3 is 2.61 bits per heavy atom. The fraction of sp³-hybridized carbons (Fsp3) is 0.455. The third kappa shape index (κ3) is 3.14. The molecule has 1 heterocycles. The van der Waals surface area contributed by atoms with E-state index in [1.165, 1.54) is 11.3 Å². The van der Waals surface area contributed by atoms with Gasteiger partial charge in [-0.05, 0) is 41.5 Å². The lowest BCUT2D eigenvalue weighted by Crippen LogP contribution is -2.56. The first-order valence-electron chi connectivity index (χ1n) is 5.53. The van der Waals surface area contributed by atoms with Gasteiger partial charge < -0.3 is 16.3 Å². The first kappa shape index (κ1) is 15.2. The fourth-order valence-electron chi connectivity index (χ4n) is 1.67. The molecule has 5 nitrogen and oxygen atoms in total. The first-order valence-corrected chi connectivity index (χ1v) is 7.49. The SMILES string of the molecule is CCC(CC)(NC(=O)c1csc(I)c1)C(N)=NO. The molecule has 0 aliphatic carbocycles. The van der Waals surface area contributed by atoms with Crippen LogP contribution in [-0.2, 0) is 0 Å². The molecule has 0 atom stereocenters. The summed E-state index contributed by atoms with van der Waals surface area (Å²) in [6.45, 7) is 3.78. The largest absolute Gasteiger partial charge is 0.409 e. The number of rotatable bonds is 5. The lowest BCUT2D eigenvalue weighted by atomic mass is 9.91. The topological polar surface area (TPSA) is 87.7 Å². The van der Waals surface area contributed by atoms with Crippen LogP contribution in [0.25, 0.3) is 0 Å². The Kier molecular flexibility index (Phi) is 5.39. The van der Waals surface area contributed by atoms with E-state index in [2.05, 4.69) is 33.1 Å². The molecule has 1 rings (SSSR count). The minimum Gasteiger partial charge on any atom is -0.409 e. The van der Waals surface area contributed by atoms with Crippen LogP contribution in [0, 0.1) is 2.88 Å². The molecule has 1 aromatic heterocycles. The second kappa shape index (κ2) is 6.37. The average molecular weight is 381 g/mol. The Morgan fingerprint density at radius 1 is 1.61 bits per heavy atom. The van der Waals surface area contributed by atoms with E-state index >= 15 is 0 Å². The molecule has 1 amide bonds. The van der Waals surface area contributed by atoms with Crippen molar-refractivity contribution in [2.45, 2.75) is 32.2 Å². The number of oxime groups is 1. The summed E-state index contributed by atoms with van der Waals surface area (Å²) < 4.78 is 1.04. The molecular weight excluding hydrogens is 365 g/mol. The molecular formula is C11H16IN3O2S. The summed E-state index contributed by atoms with van der Waals surface area (Å²) in [4.78, 5) is 12.1. The third-order valence-electron chi connectivity index (χ3n) is 2.99. The maximum atomic E-state index is 12.1. The van der Waals surface area contributed by atoms with Crippen molar-refractivity contribution in [3.05, 3.63) is 19.9 Å². The minimum absolute atomic E-state index is 0.0331. The number of nitrogens with zero attached hydrogens (tertiary/aromatic N) is 1. The van der Waals surface area contributed by atoms with Crippen molar-refractivity contribution < 1.29 is 10.0 Å². The summed E-state index contributed by atoms with van der Waals surface area (Å²) in [5.74, 6) is -0.171. The molecule has 0 saturated carbocycles. The van der Waals surface area contributed by atoms with Crippen LogP contribution < -0.4 is 11.1 Å². The highest BCUT2D eigenvalue weighted by molar-refractivity contribution is 14.1. The molecule has 100 valence electrons. The number of amidine groups is 1. The maximum Gasteiger partial charge on any atom is 0.252 e. The molecule has 0 fully saturated rings. The third-order valence-corrected chi connectivity index (χ3v) is 4.78. The lowest BCUT2D eigenvalue weighted by molar-refractivity contribution is 0.0918. The van der Waals surface area contributed by atoms with Gasteiger partial charge in [0.05, 0.1) is 8.45 Å². The van der Waals surface area contributed by atoms with E-state index < -0.39 is 5.54 Å². The molecule has 18 heavy (non-hydrogen) atoms. The van der Waals surface area contributed by atoms with Crippen LogP contribution in [0.3, 0.4) is 0 Å². The van der Waals surface area contributed by atoms with E-state index in [4.69, 9.17) is 10.9 Å². The molecule has 7 heteroatoms. The summed E-state index contributed by atoms with van der Waals surface area (Å²) in [6.07, 6.45) is 1.12. The zero-order chi connectivity index (χ0) is 13.8. The Hall–Kier alpha value is -0.830. The first-order chi connectivity index (χ1) is 8.49. The van der Waals surface area contributed by atoms with Crippen molar-refractivity contribution in [3.63, 3.8) is 0 Å². The van der Waals surface area contributed by atoms with Gasteiger partial charge in [-0.2, -0.15) is 0 Å². The monoisotopic (exact) mass is 381 g/mol. The number of amides is 1. The molecule has 0 aromatic carbocycles. The zero-order valence-corrected chi connectivity index (χ0v) is 13.2. The van der Waals surface area contributed by atoms with Gasteiger partial charge in [0, 0.05) is 5.38 Å². The van der Waals surface area contributed by atoms with Crippen molar-refractivity contribution in [1.82, 2.24) is 5.32 Å². The number of carbonyl (C=O) groups excluding carboxylic acids is 1. The van der Waals surface area contributed by atoms with Crippen molar-refractivity contribution in [2.75, 3.05) is 0 Å². The highest BCUT2D eigenvalue weighted by atomic mass is 127. The highest BCUT2D eigenvalue weighted by Gasteiger charge is 2.33. The van der Waals surface area contributed by atoms with E-state index in [0.29, 0.717) is 18.4 Å². The van der Waals surface area contributed by atoms with Gasteiger partial charge in [0.25, 0.3) is 5.91 Å². The average Bonchev–Trinajstić information content (AvgIpc) is 2.81. The molecule has 1 aromatic rings. The second-order valence-electron chi connectivity index (χ2n) is 3.87. The smallest absolute Gasteiger partial charge is 0.252 e. The highest BCUT2D eigenvalue weighted by Crippen LogP contribution is 2.20. The van der Waals surface area contributed by atoms with Gasteiger partial charge in [-0.15, -0.1) is 11.3 Å². The number of carbonyl (C=O) groups is 1. The predicted octanol–water partition coefficient (Wildman–Crippen LogP) is 2.39. The van der Waals surface area contributed by atoms with E-state index in [1.54, 1.807) is 5.38 Å². The van der Waals surface area contributed by atoms with Gasteiger partial charge in [-0.1, -0.05) is 19.0 Å². The Bertz CT molecular complexity index is 455. The molecule has 0 spiro atoms. The van der Waals surface area contributed by atoms with Crippen molar-refractivity contribution in [3.8, 4) is 0 Å².